The number of nitrogens with zero attached hydrogens (tertiary/aromatic N) is 2. The first kappa shape index (κ1) is 19.7. The molecule has 0 N–H and O–H groups in total. The number of sulfone groups is 1. The van der Waals surface area contributed by atoms with Crippen molar-refractivity contribution in [2.24, 2.45) is 0 Å². The third-order valence-corrected chi connectivity index (χ3v) is 5.22. The van der Waals surface area contributed by atoms with E-state index in [9.17, 15) is 30.8 Å². The van der Waals surface area contributed by atoms with E-state index in [1.54, 1.807) is 0 Å². The van der Waals surface area contributed by atoms with Crippen molar-refractivity contribution in [1.29, 1.82) is 0 Å². The molecule has 0 atom stereocenters. The van der Waals surface area contributed by atoms with E-state index in [-0.39, 0.29) is 21.8 Å². The van der Waals surface area contributed by atoms with Crippen molar-refractivity contribution in [3.63, 3.8) is 0 Å². The van der Waals surface area contributed by atoms with Crippen LogP contribution in [0.3, 0.4) is 0 Å². The fourth-order valence-electron chi connectivity index (χ4n) is 2.26. The van der Waals surface area contributed by atoms with Crippen LogP contribution >= 0.6 is 0 Å². The minimum absolute atomic E-state index is 0.00303. The minimum atomic E-state index is -4.79. The van der Waals surface area contributed by atoms with E-state index in [0.29, 0.717) is 0 Å². The molecule has 3 aromatic rings. The molecule has 1 aromatic heterocycles. The summed E-state index contributed by atoms with van der Waals surface area (Å²) in [6.45, 7) is 0. The van der Waals surface area contributed by atoms with Gasteiger partial charge in [-0.2, -0.15) is 18.2 Å². The van der Waals surface area contributed by atoms with Gasteiger partial charge in [0.05, 0.1) is 4.90 Å². The number of ketones is 1. The third kappa shape index (κ3) is 4.25. The Kier molecular flexibility index (Phi) is 5.02. The molecule has 0 spiro atoms. The SMILES string of the molecule is O=C(CS(=O)(=O)c1cccc(F)c1)c1ccc(-c2noc(C(F)(F)F)n2)cc1. The third-order valence-electron chi connectivity index (χ3n) is 3.61. The van der Waals surface area contributed by atoms with Crippen LogP contribution < -0.4 is 0 Å². The van der Waals surface area contributed by atoms with Crippen LogP contribution in [-0.2, 0) is 16.0 Å². The molecule has 146 valence electrons. The van der Waals surface area contributed by atoms with E-state index < -0.39 is 39.3 Å². The molecule has 0 saturated heterocycles. The molecule has 0 aliphatic rings. The van der Waals surface area contributed by atoms with Gasteiger partial charge in [0.15, 0.2) is 15.6 Å². The summed E-state index contributed by atoms with van der Waals surface area (Å²) in [6.07, 6.45) is -4.79. The van der Waals surface area contributed by atoms with Gasteiger partial charge in [-0.1, -0.05) is 35.5 Å². The zero-order valence-electron chi connectivity index (χ0n) is 13.8. The highest BCUT2D eigenvalue weighted by molar-refractivity contribution is 7.92. The van der Waals surface area contributed by atoms with E-state index >= 15 is 0 Å². The minimum Gasteiger partial charge on any atom is -0.329 e. The fourth-order valence-corrected chi connectivity index (χ4v) is 3.52. The van der Waals surface area contributed by atoms with Crippen LogP contribution in [0.1, 0.15) is 16.2 Å². The summed E-state index contributed by atoms with van der Waals surface area (Å²) >= 11 is 0. The lowest BCUT2D eigenvalue weighted by Gasteiger charge is -2.05. The Bertz CT molecular complexity index is 1120. The van der Waals surface area contributed by atoms with Crippen LogP contribution in [-0.4, -0.2) is 30.1 Å². The maximum absolute atomic E-state index is 13.2. The maximum Gasteiger partial charge on any atom is 0.471 e. The molecule has 11 heteroatoms. The van der Waals surface area contributed by atoms with Crippen molar-refractivity contribution in [2.75, 3.05) is 5.75 Å². The number of alkyl halides is 3. The first-order valence-corrected chi connectivity index (χ1v) is 9.24. The Morgan fingerprint density at radius 2 is 1.75 bits per heavy atom. The second-order valence-corrected chi connectivity index (χ2v) is 7.63. The van der Waals surface area contributed by atoms with Crippen molar-refractivity contribution in [2.45, 2.75) is 11.1 Å². The Labute approximate surface area is 155 Å². The molecule has 0 saturated carbocycles. The standard InChI is InChI=1S/C17H10F4N2O4S/c18-12-2-1-3-13(8-12)28(25,26)9-14(24)10-4-6-11(7-5-10)15-22-16(27-23-15)17(19,20)21/h1-8H,9H2. The highest BCUT2D eigenvalue weighted by Gasteiger charge is 2.38. The van der Waals surface area contributed by atoms with Crippen LogP contribution in [0.25, 0.3) is 11.4 Å². The molecular weight excluding hydrogens is 404 g/mol. The number of carbonyl (C=O) groups excluding carboxylic acids is 1. The summed E-state index contributed by atoms with van der Waals surface area (Å²) in [5.74, 6) is -4.25. The van der Waals surface area contributed by atoms with Crippen molar-refractivity contribution < 1.29 is 35.3 Å². The fraction of sp³-hybridized carbons (Fsp3) is 0.118. The lowest BCUT2D eigenvalue weighted by molar-refractivity contribution is -0.159. The van der Waals surface area contributed by atoms with Crippen LogP contribution in [0, 0.1) is 5.82 Å². The van der Waals surface area contributed by atoms with E-state index in [4.69, 9.17) is 0 Å². The van der Waals surface area contributed by atoms with Gasteiger partial charge in [-0.25, -0.2) is 12.8 Å². The molecular formula is C17H10F4N2O4S. The highest BCUT2D eigenvalue weighted by Crippen LogP contribution is 2.29. The van der Waals surface area contributed by atoms with E-state index in [1.807, 2.05) is 0 Å². The summed E-state index contributed by atoms with van der Waals surface area (Å²) in [5.41, 5.74) is 0.145. The summed E-state index contributed by atoms with van der Waals surface area (Å²) < 4.78 is 79.2. The Hall–Kier alpha value is -3.08. The highest BCUT2D eigenvalue weighted by atomic mass is 32.2. The zero-order valence-corrected chi connectivity index (χ0v) is 14.6. The molecule has 3 rings (SSSR count). The second-order valence-electron chi connectivity index (χ2n) is 5.64. The Balaban J connectivity index is 1.78. The average Bonchev–Trinajstić information content (AvgIpc) is 3.12. The van der Waals surface area contributed by atoms with Gasteiger partial charge >= 0.3 is 12.1 Å². The number of hydrogen-bond acceptors (Lipinski definition) is 6. The quantitative estimate of drug-likeness (QED) is 0.469. The number of halogens is 4. The Morgan fingerprint density at radius 3 is 2.32 bits per heavy atom. The smallest absolute Gasteiger partial charge is 0.329 e. The van der Waals surface area contributed by atoms with Gasteiger partial charge in [0.25, 0.3) is 0 Å². The topological polar surface area (TPSA) is 90.1 Å². The van der Waals surface area contributed by atoms with E-state index in [2.05, 4.69) is 14.7 Å². The molecule has 1 heterocycles. The van der Waals surface area contributed by atoms with Crippen LogP contribution in [0.15, 0.2) is 57.9 Å². The largest absolute Gasteiger partial charge is 0.471 e. The summed E-state index contributed by atoms with van der Waals surface area (Å²) in [5, 5.41) is 3.21. The predicted octanol–water partition coefficient (Wildman–Crippen LogP) is 3.55. The van der Waals surface area contributed by atoms with E-state index in [0.717, 1.165) is 12.1 Å². The molecule has 0 fully saturated rings. The first-order valence-electron chi connectivity index (χ1n) is 7.59. The van der Waals surface area contributed by atoms with Gasteiger partial charge in [-0.3, -0.25) is 4.79 Å². The molecule has 0 radical (unpaired) electrons. The van der Waals surface area contributed by atoms with Gasteiger partial charge in [-0.05, 0) is 18.2 Å². The molecule has 6 nitrogen and oxygen atoms in total. The summed E-state index contributed by atoms with van der Waals surface area (Å²) in [4.78, 5) is 15.1. The molecule has 0 aliphatic carbocycles. The van der Waals surface area contributed by atoms with Crippen LogP contribution in [0.4, 0.5) is 17.6 Å². The first-order chi connectivity index (χ1) is 13.1. The maximum atomic E-state index is 13.2. The van der Waals surface area contributed by atoms with Crippen LogP contribution in [0.2, 0.25) is 0 Å². The molecule has 0 unspecified atom stereocenters. The summed E-state index contributed by atoms with van der Waals surface area (Å²) in [6, 6.07) is 9.22. The Morgan fingerprint density at radius 1 is 1.07 bits per heavy atom. The predicted molar refractivity (Wildman–Crippen MR) is 87.5 cm³/mol. The van der Waals surface area contributed by atoms with Crippen molar-refractivity contribution >= 4 is 15.6 Å². The number of Topliss-reactive ketones (excluding diaryl/α,β-unsaturated/α-hetero) is 1. The zero-order chi connectivity index (χ0) is 20.5. The number of carbonyl (C=O) groups is 1. The molecule has 0 amide bonds. The average molecular weight is 414 g/mol. The lowest BCUT2D eigenvalue weighted by Crippen LogP contribution is -2.16. The normalized spacial score (nSPS) is 12.1. The van der Waals surface area contributed by atoms with Gasteiger partial charge in [-0.15, -0.1) is 0 Å². The lowest BCUT2D eigenvalue weighted by atomic mass is 10.1. The van der Waals surface area contributed by atoms with Gasteiger partial charge in [0.2, 0.25) is 5.82 Å². The van der Waals surface area contributed by atoms with Gasteiger partial charge < -0.3 is 4.52 Å². The molecule has 28 heavy (non-hydrogen) atoms. The number of hydrogen-bond donors (Lipinski definition) is 0. The number of rotatable bonds is 5. The van der Waals surface area contributed by atoms with E-state index in [1.165, 1.54) is 36.4 Å². The molecule has 0 aliphatic heterocycles. The number of benzene rings is 2. The van der Waals surface area contributed by atoms with Crippen molar-refractivity contribution in [1.82, 2.24) is 10.1 Å². The number of aromatic nitrogens is 2. The molecule has 0 bridgehead atoms. The van der Waals surface area contributed by atoms with Crippen LogP contribution in [0.5, 0.6) is 0 Å². The van der Waals surface area contributed by atoms with Crippen molar-refractivity contribution in [3.8, 4) is 11.4 Å². The molecule has 2 aromatic carbocycles. The monoisotopic (exact) mass is 414 g/mol. The van der Waals surface area contributed by atoms with Crippen molar-refractivity contribution in [3.05, 3.63) is 65.8 Å². The summed E-state index contributed by atoms with van der Waals surface area (Å²) in [7, 11) is -4.06. The van der Waals surface area contributed by atoms with Gasteiger partial charge in [0.1, 0.15) is 11.6 Å². The van der Waals surface area contributed by atoms with Gasteiger partial charge in [0, 0.05) is 11.1 Å². The second kappa shape index (κ2) is 7.15.